The summed E-state index contributed by atoms with van der Waals surface area (Å²) in [6.07, 6.45) is 0.358. The van der Waals surface area contributed by atoms with E-state index in [4.69, 9.17) is 0 Å². The first kappa shape index (κ1) is 10.1. The molecule has 1 atom stereocenters. The second kappa shape index (κ2) is 3.29. The zero-order valence-corrected chi connectivity index (χ0v) is 7.71. The number of hydrogen-bond donors (Lipinski definition) is 1. The first-order valence-corrected chi connectivity index (χ1v) is 4.56. The van der Waals surface area contributed by atoms with Crippen LogP contribution in [0, 0.1) is 0 Å². The van der Waals surface area contributed by atoms with Crippen LogP contribution in [0.4, 0.5) is 12.9 Å². The van der Waals surface area contributed by atoms with E-state index in [1.54, 1.807) is 0 Å². The molecule has 2 nitrogen and oxygen atoms in total. The van der Waals surface area contributed by atoms with E-state index in [2.05, 4.69) is 5.32 Å². The van der Waals surface area contributed by atoms with Crippen molar-refractivity contribution in [3.8, 4) is 0 Å². The highest BCUT2D eigenvalue weighted by Crippen LogP contribution is 2.23. The Morgan fingerprint density at radius 1 is 1.20 bits per heavy atom. The van der Waals surface area contributed by atoms with E-state index in [9.17, 15) is 17.7 Å². The molecule has 80 valence electrons. The lowest BCUT2D eigenvalue weighted by atomic mass is 9.79. The van der Waals surface area contributed by atoms with Crippen LogP contribution < -0.4 is 10.8 Å². The fourth-order valence-electron chi connectivity index (χ4n) is 1.51. The Kier molecular flexibility index (Phi) is 2.21. The topological polar surface area (TPSA) is 29.1 Å². The van der Waals surface area contributed by atoms with Crippen molar-refractivity contribution in [2.75, 3.05) is 0 Å². The maximum Gasteiger partial charge on any atom is 0.509 e. The predicted molar refractivity (Wildman–Crippen MR) is 50.7 cm³/mol. The van der Waals surface area contributed by atoms with Crippen LogP contribution in [0.2, 0.25) is 0 Å². The van der Waals surface area contributed by atoms with Gasteiger partial charge in [0.1, 0.15) is 0 Å². The minimum absolute atomic E-state index is 0.0656. The molecule has 1 saturated heterocycles. The van der Waals surface area contributed by atoms with Gasteiger partial charge in [-0.2, -0.15) is 0 Å². The van der Waals surface area contributed by atoms with Crippen molar-refractivity contribution in [2.45, 2.75) is 12.5 Å². The third kappa shape index (κ3) is 1.98. The number of benzene rings is 1. The molecular formula is C9H8BF3NO-. The third-order valence-corrected chi connectivity index (χ3v) is 2.44. The number of hydrogen-bond acceptors (Lipinski definition) is 1. The molecule has 1 heterocycles. The van der Waals surface area contributed by atoms with Crippen molar-refractivity contribution in [2.24, 2.45) is 0 Å². The highest BCUT2D eigenvalue weighted by Gasteiger charge is 2.28. The minimum atomic E-state index is -4.93. The number of amides is 1. The molecule has 1 N–H and O–H groups in total. The molecule has 1 aromatic carbocycles. The summed E-state index contributed by atoms with van der Waals surface area (Å²) in [6.45, 7) is -4.93. The van der Waals surface area contributed by atoms with Crippen molar-refractivity contribution < 1.29 is 17.7 Å². The van der Waals surface area contributed by atoms with Gasteiger partial charge in [0.25, 0.3) is 0 Å². The lowest BCUT2D eigenvalue weighted by Crippen LogP contribution is -2.41. The van der Waals surface area contributed by atoms with Crippen molar-refractivity contribution in [1.29, 1.82) is 0 Å². The number of rotatable bonds is 2. The zero-order chi connectivity index (χ0) is 11.1. The van der Waals surface area contributed by atoms with E-state index in [0.29, 0.717) is 6.42 Å². The Balaban J connectivity index is 2.14. The summed E-state index contributed by atoms with van der Waals surface area (Å²) in [7, 11) is 0. The molecule has 0 aliphatic carbocycles. The molecule has 0 aromatic heterocycles. The molecule has 0 radical (unpaired) electrons. The SMILES string of the molecule is O=C1CC(c2ccc([B-](F)(F)F)cc2)N1. The van der Waals surface area contributed by atoms with Gasteiger partial charge in [-0.1, -0.05) is 24.3 Å². The molecule has 15 heavy (non-hydrogen) atoms. The van der Waals surface area contributed by atoms with Crippen LogP contribution in [0.25, 0.3) is 0 Å². The van der Waals surface area contributed by atoms with Crippen LogP contribution in [0.1, 0.15) is 18.0 Å². The Morgan fingerprint density at radius 3 is 2.13 bits per heavy atom. The average molecular weight is 214 g/mol. The van der Waals surface area contributed by atoms with Crippen molar-refractivity contribution in [3.63, 3.8) is 0 Å². The van der Waals surface area contributed by atoms with Crippen LogP contribution in [0.15, 0.2) is 24.3 Å². The van der Waals surface area contributed by atoms with Gasteiger partial charge in [-0.25, -0.2) is 0 Å². The molecule has 1 amide bonds. The molecule has 1 aromatic rings. The van der Waals surface area contributed by atoms with Gasteiger partial charge in [0.15, 0.2) is 0 Å². The van der Waals surface area contributed by atoms with Gasteiger partial charge in [0.05, 0.1) is 12.5 Å². The normalized spacial score (nSPS) is 20.7. The second-order valence-corrected chi connectivity index (χ2v) is 3.57. The van der Waals surface area contributed by atoms with Crippen LogP contribution in [-0.4, -0.2) is 12.9 Å². The molecule has 0 spiro atoms. The molecular weight excluding hydrogens is 206 g/mol. The van der Waals surface area contributed by atoms with Crippen molar-refractivity contribution in [1.82, 2.24) is 5.32 Å². The Morgan fingerprint density at radius 2 is 1.73 bits per heavy atom. The quantitative estimate of drug-likeness (QED) is 0.583. The van der Waals surface area contributed by atoms with Gasteiger partial charge in [-0.05, 0) is 5.56 Å². The molecule has 2 rings (SSSR count). The Hall–Kier alpha value is -1.46. The van der Waals surface area contributed by atoms with E-state index < -0.39 is 12.4 Å². The monoisotopic (exact) mass is 214 g/mol. The maximum atomic E-state index is 12.3. The van der Waals surface area contributed by atoms with Gasteiger partial charge in [-0.3, -0.25) is 4.79 Å². The fraction of sp³-hybridized carbons (Fsp3) is 0.222. The van der Waals surface area contributed by atoms with E-state index >= 15 is 0 Å². The number of halogens is 3. The third-order valence-electron chi connectivity index (χ3n) is 2.44. The minimum Gasteiger partial charge on any atom is -0.445 e. The average Bonchev–Trinajstić information content (AvgIpc) is 2.12. The summed E-state index contributed by atoms with van der Waals surface area (Å²) < 4.78 is 36.8. The van der Waals surface area contributed by atoms with E-state index in [1.165, 1.54) is 12.1 Å². The first-order valence-electron chi connectivity index (χ1n) is 4.56. The molecule has 1 unspecified atom stereocenters. The van der Waals surface area contributed by atoms with Crippen LogP contribution in [-0.2, 0) is 4.79 Å². The Labute approximate surface area is 84.5 Å². The van der Waals surface area contributed by atoms with E-state index in [1.807, 2.05) is 0 Å². The fourth-order valence-corrected chi connectivity index (χ4v) is 1.51. The highest BCUT2D eigenvalue weighted by molar-refractivity contribution is 6.73. The lowest BCUT2D eigenvalue weighted by molar-refractivity contribution is -0.128. The predicted octanol–water partition coefficient (Wildman–Crippen LogP) is 1.30. The first-order chi connectivity index (χ1) is 6.97. The van der Waals surface area contributed by atoms with E-state index in [0.717, 1.165) is 17.7 Å². The van der Waals surface area contributed by atoms with Crippen molar-refractivity contribution >= 4 is 18.3 Å². The van der Waals surface area contributed by atoms with Gasteiger partial charge in [0.2, 0.25) is 5.91 Å². The molecule has 1 fully saturated rings. The van der Waals surface area contributed by atoms with Gasteiger partial charge in [0, 0.05) is 0 Å². The van der Waals surface area contributed by atoms with Gasteiger partial charge < -0.3 is 18.3 Å². The summed E-state index contributed by atoms with van der Waals surface area (Å²) in [4.78, 5) is 10.6. The zero-order valence-electron chi connectivity index (χ0n) is 7.71. The van der Waals surface area contributed by atoms with Gasteiger partial charge in [-0.15, -0.1) is 5.46 Å². The standard InChI is InChI=1S/C9H8BF3NO/c11-10(12,13)7-3-1-6(2-4-7)8-5-9(15)14-8/h1-4,8H,5H2,(H,14,15)/q-1. The number of β-lactam (4-membered cyclic amide) rings is 1. The van der Waals surface area contributed by atoms with Crippen molar-refractivity contribution in [3.05, 3.63) is 29.8 Å². The van der Waals surface area contributed by atoms with Crippen LogP contribution >= 0.6 is 0 Å². The number of carbonyl (C=O) groups is 1. The summed E-state index contributed by atoms with van der Waals surface area (Å²) in [6, 6.07) is 4.82. The van der Waals surface area contributed by atoms with Gasteiger partial charge >= 0.3 is 6.98 Å². The number of carbonyl (C=O) groups excluding carboxylic acids is 1. The summed E-state index contributed by atoms with van der Waals surface area (Å²) in [5.74, 6) is -0.0656. The largest absolute Gasteiger partial charge is 0.509 e. The lowest BCUT2D eigenvalue weighted by Gasteiger charge is -2.27. The second-order valence-electron chi connectivity index (χ2n) is 3.57. The summed E-state index contributed by atoms with van der Waals surface area (Å²) >= 11 is 0. The molecule has 0 bridgehead atoms. The maximum absolute atomic E-state index is 12.3. The van der Waals surface area contributed by atoms with E-state index in [-0.39, 0.29) is 11.9 Å². The molecule has 0 saturated carbocycles. The Bertz CT molecular complexity index is 379. The highest BCUT2D eigenvalue weighted by atomic mass is 19.4. The number of nitrogens with one attached hydrogen (secondary N) is 1. The smallest absolute Gasteiger partial charge is 0.445 e. The molecule has 1 aliphatic rings. The van der Waals surface area contributed by atoms with Crippen LogP contribution in [0.5, 0.6) is 0 Å². The molecule has 1 aliphatic heterocycles. The molecule has 6 heteroatoms. The summed E-state index contributed by atoms with van der Waals surface area (Å²) in [5, 5.41) is 2.60. The summed E-state index contributed by atoms with van der Waals surface area (Å²) in [5.41, 5.74) is 0.114. The van der Waals surface area contributed by atoms with Crippen LogP contribution in [0.3, 0.4) is 0 Å².